The third-order valence-corrected chi connectivity index (χ3v) is 8.22. The van der Waals surface area contributed by atoms with E-state index in [4.69, 9.17) is 0 Å². The molecular formula is C28H35NO5. The molecule has 1 aromatic carbocycles. The molecule has 0 radical (unpaired) electrons. The SMILES string of the molecule is CC1=C(C)C2C(Cc3ccccc3)NC(=O)C23C(O)C=CC(C)(O)C(=O)C(C)CC=CC3C1O. The van der Waals surface area contributed by atoms with Crippen LogP contribution in [0.25, 0.3) is 0 Å². The normalized spacial score (nSPS) is 40.4. The van der Waals surface area contributed by atoms with Gasteiger partial charge in [-0.2, -0.15) is 0 Å². The topological polar surface area (TPSA) is 107 Å². The van der Waals surface area contributed by atoms with E-state index in [1.54, 1.807) is 19.1 Å². The smallest absolute Gasteiger partial charge is 0.230 e. The Bertz CT molecular complexity index is 1060. The molecule has 8 unspecified atom stereocenters. The number of aliphatic hydroxyl groups is 3. The molecule has 4 N–H and O–H groups in total. The highest BCUT2D eigenvalue weighted by atomic mass is 16.3. The molecule has 0 saturated carbocycles. The largest absolute Gasteiger partial charge is 0.388 e. The molecule has 8 atom stereocenters. The summed E-state index contributed by atoms with van der Waals surface area (Å²) in [4.78, 5) is 26.6. The van der Waals surface area contributed by atoms with E-state index >= 15 is 0 Å². The fourth-order valence-electron chi connectivity index (χ4n) is 6.25. The van der Waals surface area contributed by atoms with E-state index in [0.717, 1.165) is 16.7 Å². The van der Waals surface area contributed by atoms with E-state index < -0.39 is 35.1 Å². The van der Waals surface area contributed by atoms with E-state index in [2.05, 4.69) is 5.32 Å². The number of aliphatic hydroxyl groups excluding tert-OH is 2. The van der Waals surface area contributed by atoms with E-state index in [1.807, 2.05) is 44.2 Å². The molecule has 3 aliphatic rings. The van der Waals surface area contributed by atoms with Crippen molar-refractivity contribution in [1.29, 1.82) is 0 Å². The lowest BCUT2D eigenvalue weighted by atomic mass is 9.54. The Morgan fingerprint density at radius 1 is 1.06 bits per heavy atom. The van der Waals surface area contributed by atoms with Crippen LogP contribution in [-0.2, 0) is 16.0 Å². The Morgan fingerprint density at radius 3 is 2.41 bits per heavy atom. The lowest BCUT2D eigenvalue weighted by Crippen LogP contribution is -2.57. The van der Waals surface area contributed by atoms with Crippen molar-refractivity contribution in [3.8, 4) is 0 Å². The summed E-state index contributed by atoms with van der Waals surface area (Å²) in [7, 11) is 0. The van der Waals surface area contributed by atoms with Crippen molar-refractivity contribution in [2.45, 2.75) is 64.4 Å². The molecule has 1 amide bonds. The second-order valence-electron chi connectivity index (χ2n) is 10.4. The number of carbonyl (C=O) groups excluding carboxylic acids is 2. The van der Waals surface area contributed by atoms with Gasteiger partial charge in [-0.25, -0.2) is 0 Å². The van der Waals surface area contributed by atoms with Gasteiger partial charge in [0.25, 0.3) is 0 Å². The van der Waals surface area contributed by atoms with Crippen LogP contribution in [0.4, 0.5) is 0 Å². The standard InChI is InChI=1S/C28H35NO5/c1-16-9-8-12-20-24(31)18(3)17(2)23-21(15-19-10-6-5-7-11-19)29-26(33)28(20,23)22(30)13-14-27(4,34)25(16)32/h5-8,10-14,16,20-24,30-31,34H,9,15H2,1-4H3,(H,29,33). The summed E-state index contributed by atoms with van der Waals surface area (Å²) < 4.78 is 0. The monoisotopic (exact) mass is 465 g/mol. The highest BCUT2D eigenvalue weighted by molar-refractivity contribution is 5.91. The number of carbonyl (C=O) groups is 2. The van der Waals surface area contributed by atoms with Gasteiger partial charge >= 0.3 is 0 Å². The van der Waals surface area contributed by atoms with Gasteiger partial charge in [0.05, 0.1) is 17.6 Å². The number of nitrogens with one attached hydrogen (secondary N) is 1. The summed E-state index contributed by atoms with van der Waals surface area (Å²) in [6.07, 6.45) is 4.93. The number of hydrogen-bond donors (Lipinski definition) is 4. The number of hydrogen-bond acceptors (Lipinski definition) is 5. The van der Waals surface area contributed by atoms with Gasteiger partial charge in [-0.3, -0.25) is 9.59 Å². The summed E-state index contributed by atoms with van der Waals surface area (Å²) in [5, 5.41) is 36.9. The predicted octanol–water partition coefficient (Wildman–Crippen LogP) is 2.49. The van der Waals surface area contributed by atoms with Crippen molar-refractivity contribution in [2.24, 2.45) is 23.2 Å². The zero-order valence-electron chi connectivity index (χ0n) is 20.2. The summed E-state index contributed by atoms with van der Waals surface area (Å²) >= 11 is 0. The zero-order valence-corrected chi connectivity index (χ0v) is 20.2. The van der Waals surface area contributed by atoms with Crippen LogP contribution in [0.5, 0.6) is 0 Å². The lowest BCUT2D eigenvalue weighted by Gasteiger charge is -2.49. The van der Waals surface area contributed by atoms with Crippen LogP contribution in [0.15, 0.2) is 65.8 Å². The lowest BCUT2D eigenvalue weighted by molar-refractivity contribution is -0.141. The van der Waals surface area contributed by atoms with Crippen molar-refractivity contribution in [3.63, 3.8) is 0 Å². The first-order valence-electron chi connectivity index (χ1n) is 12.0. The first-order chi connectivity index (χ1) is 16.0. The summed E-state index contributed by atoms with van der Waals surface area (Å²) in [5.74, 6) is -2.21. The molecule has 1 heterocycles. The third-order valence-electron chi connectivity index (χ3n) is 8.22. The van der Waals surface area contributed by atoms with E-state index in [0.29, 0.717) is 12.8 Å². The van der Waals surface area contributed by atoms with Crippen LogP contribution in [0.3, 0.4) is 0 Å². The molecule has 2 aliphatic carbocycles. The minimum Gasteiger partial charge on any atom is -0.388 e. The van der Waals surface area contributed by atoms with Crippen molar-refractivity contribution in [2.75, 3.05) is 0 Å². The fourth-order valence-corrected chi connectivity index (χ4v) is 6.25. The Balaban J connectivity index is 1.89. The molecular weight excluding hydrogens is 430 g/mol. The first kappa shape index (κ1) is 24.6. The molecule has 0 bridgehead atoms. The molecule has 6 heteroatoms. The van der Waals surface area contributed by atoms with Gasteiger partial charge in [0.1, 0.15) is 5.60 Å². The summed E-state index contributed by atoms with van der Waals surface area (Å²) in [5.41, 5.74) is -0.394. The maximum atomic E-state index is 13.8. The zero-order chi connectivity index (χ0) is 24.8. The van der Waals surface area contributed by atoms with Crippen LogP contribution in [-0.4, -0.2) is 50.9 Å². The highest BCUT2D eigenvalue weighted by Crippen LogP contribution is 2.56. The van der Waals surface area contributed by atoms with Crippen LogP contribution in [0.1, 0.15) is 39.7 Å². The van der Waals surface area contributed by atoms with Crippen molar-refractivity contribution in [3.05, 3.63) is 71.3 Å². The van der Waals surface area contributed by atoms with Crippen molar-refractivity contribution < 1.29 is 24.9 Å². The molecule has 34 heavy (non-hydrogen) atoms. The summed E-state index contributed by atoms with van der Waals surface area (Å²) in [6, 6.07) is 9.60. The quantitative estimate of drug-likeness (QED) is 0.502. The molecule has 1 aliphatic heterocycles. The maximum absolute atomic E-state index is 13.8. The molecule has 1 saturated heterocycles. The molecule has 1 fully saturated rings. The maximum Gasteiger partial charge on any atom is 0.230 e. The fraction of sp³-hybridized carbons (Fsp3) is 0.500. The third kappa shape index (κ3) is 3.78. The van der Waals surface area contributed by atoms with Crippen LogP contribution < -0.4 is 5.32 Å². The van der Waals surface area contributed by atoms with E-state index in [9.17, 15) is 24.9 Å². The number of Topliss-reactive ketones (excluding diaryl/α,β-unsaturated/α-hetero) is 1. The average Bonchev–Trinajstić information content (AvgIpc) is 3.09. The van der Waals surface area contributed by atoms with Crippen LogP contribution in [0, 0.1) is 23.2 Å². The van der Waals surface area contributed by atoms with Crippen molar-refractivity contribution in [1.82, 2.24) is 5.32 Å². The highest BCUT2D eigenvalue weighted by Gasteiger charge is 2.66. The van der Waals surface area contributed by atoms with Crippen molar-refractivity contribution >= 4 is 11.7 Å². The Kier molecular flexibility index (Phi) is 6.44. The molecule has 0 aromatic heterocycles. The molecule has 6 nitrogen and oxygen atoms in total. The van der Waals surface area contributed by atoms with Gasteiger partial charge in [0.2, 0.25) is 5.91 Å². The van der Waals surface area contributed by atoms with Gasteiger partial charge in [-0.1, -0.05) is 61.1 Å². The Labute approximate surface area is 201 Å². The number of benzene rings is 1. The second kappa shape index (κ2) is 8.91. The van der Waals surface area contributed by atoms with Crippen LogP contribution >= 0.6 is 0 Å². The first-order valence-corrected chi connectivity index (χ1v) is 12.0. The van der Waals surface area contributed by atoms with Gasteiger partial charge in [-0.15, -0.1) is 0 Å². The molecule has 182 valence electrons. The number of ketones is 1. The Morgan fingerprint density at radius 2 is 1.74 bits per heavy atom. The number of allylic oxidation sites excluding steroid dienone is 1. The van der Waals surface area contributed by atoms with Gasteiger partial charge in [-0.05, 0) is 50.8 Å². The van der Waals surface area contributed by atoms with Gasteiger partial charge < -0.3 is 20.6 Å². The minimum atomic E-state index is -1.77. The van der Waals surface area contributed by atoms with E-state index in [-0.39, 0.29) is 23.7 Å². The Hall–Kier alpha value is -2.54. The molecule has 1 spiro atoms. The predicted molar refractivity (Wildman–Crippen MR) is 130 cm³/mol. The number of amides is 1. The molecule has 4 rings (SSSR count). The second-order valence-corrected chi connectivity index (χ2v) is 10.4. The summed E-state index contributed by atoms with van der Waals surface area (Å²) in [6.45, 7) is 6.95. The van der Waals surface area contributed by atoms with Gasteiger partial charge in [0, 0.05) is 23.8 Å². The van der Waals surface area contributed by atoms with E-state index in [1.165, 1.54) is 19.1 Å². The molecule has 1 aromatic rings. The average molecular weight is 466 g/mol. The van der Waals surface area contributed by atoms with Crippen LogP contribution in [0.2, 0.25) is 0 Å². The minimum absolute atomic E-state index is 0.275. The number of rotatable bonds is 2. The van der Waals surface area contributed by atoms with Gasteiger partial charge in [0.15, 0.2) is 5.78 Å².